The van der Waals surface area contributed by atoms with Crippen LogP contribution in [0.15, 0.2) is 24.3 Å². The summed E-state index contributed by atoms with van der Waals surface area (Å²) in [6.07, 6.45) is 0.936. The van der Waals surface area contributed by atoms with Crippen LogP contribution in [0.25, 0.3) is 10.9 Å². The lowest BCUT2D eigenvalue weighted by molar-refractivity contribution is 0.100. The molecule has 1 fully saturated rings. The Morgan fingerprint density at radius 2 is 1.95 bits per heavy atom. The van der Waals surface area contributed by atoms with Crippen molar-refractivity contribution < 1.29 is 13.2 Å². The molecule has 0 saturated heterocycles. The first-order valence-corrected chi connectivity index (χ1v) is 7.70. The van der Waals surface area contributed by atoms with Crippen LogP contribution in [-0.4, -0.2) is 18.3 Å². The zero-order valence-electron chi connectivity index (χ0n) is 10.9. The fourth-order valence-corrected chi connectivity index (χ4v) is 3.64. The smallest absolute Gasteiger partial charge is 0.303 e. The molecule has 4 N–H and O–H groups in total. The number of carbonyl (C=O) groups excluding carboxylic acids is 1. The van der Waals surface area contributed by atoms with Crippen LogP contribution in [0.4, 0.5) is 0 Å². The van der Waals surface area contributed by atoms with Gasteiger partial charge in [-0.2, -0.15) is 13.7 Å². The number of para-hydroxylation sites is 1. The molecular formula is C13H12N4O3S. The molecule has 1 aromatic heterocycles. The second kappa shape index (κ2) is 4.07. The maximum atomic E-state index is 12.0. The van der Waals surface area contributed by atoms with Gasteiger partial charge in [0.05, 0.1) is 28.3 Å². The third-order valence-electron chi connectivity index (χ3n) is 3.75. The minimum Gasteiger partial charge on any atom is -0.366 e. The molecule has 0 spiro atoms. The number of aromatic nitrogens is 1. The summed E-state index contributed by atoms with van der Waals surface area (Å²) in [4.78, 5) is 11.8. The molecule has 0 radical (unpaired) electrons. The van der Waals surface area contributed by atoms with E-state index in [1.54, 1.807) is 18.2 Å². The lowest BCUT2D eigenvalue weighted by Gasteiger charge is -2.12. The third kappa shape index (κ3) is 1.82. The van der Waals surface area contributed by atoms with Crippen molar-refractivity contribution in [3.05, 3.63) is 35.5 Å². The van der Waals surface area contributed by atoms with Gasteiger partial charge in [0.15, 0.2) is 0 Å². The van der Waals surface area contributed by atoms with Crippen LogP contribution in [0.5, 0.6) is 0 Å². The fourth-order valence-electron chi connectivity index (χ4n) is 2.69. The number of carbonyl (C=O) groups is 1. The molecule has 2 aromatic rings. The molecule has 1 saturated carbocycles. The molecule has 3 rings (SSSR count). The van der Waals surface area contributed by atoms with Crippen molar-refractivity contribution >= 4 is 27.0 Å². The van der Waals surface area contributed by atoms with Crippen molar-refractivity contribution in [3.8, 4) is 6.07 Å². The maximum Gasteiger partial charge on any atom is 0.303 e. The zero-order chi connectivity index (χ0) is 15.4. The number of fused-ring (bicyclic) bond motifs is 1. The van der Waals surface area contributed by atoms with Crippen LogP contribution in [0.2, 0.25) is 0 Å². The Labute approximate surface area is 120 Å². The summed E-state index contributed by atoms with van der Waals surface area (Å²) in [6, 6.07) is 8.51. The van der Waals surface area contributed by atoms with Crippen molar-refractivity contribution in [2.24, 2.45) is 10.9 Å². The number of hydrogen-bond donors (Lipinski definition) is 2. The van der Waals surface area contributed by atoms with Crippen LogP contribution in [-0.2, 0) is 15.6 Å². The molecule has 108 valence electrons. The number of hydrogen-bond acceptors (Lipinski definition) is 4. The van der Waals surface area contributed by atoms with Crippen molar-refractivity contribution in [1.82, 2.24) is 3.97 Å². The molecule has 0 unspecified atom stereocenters. The maximum absolute atomic E-state index is 12.0. The first kappa shape index (κ1) is 13.6. The molecule has 1 aromatic carbocycles. The lowest BCUT2D eigenvalue weighted by Crippen LogP contribution is -2.28. The van der Waals surface area contributed by atoms with Gasteiger partial charge in [0.2, 0.25) is 0 Å². The van der Waals surface area contributed by atoms with Gasteiger partial charge in [0.1, 0.15) is 0 Å². The van der Waals surface area contributed by atoms with Crippen LogP contribution < -0.4 is 10.9 Å². The van der Waals surface area contributed by atoms with Crippen LogP contribution in [0.1, 0.15) is 28.9 Å². The molecular weight excluding hydrogens is 292 g/mol. The monoisotopic (exact) mass is 304 g/mol. The van der Waals surface area contributed by atoms with E-state index in [9.17, 15) is 18.5 Å². The van der Waals surface area contributed by atoms with Gasteiger partial charge in [-0.3, -0.25) is 4.79 Å². The molecule has 1 aliphatic rings. The SMILES string of the molecule is N#CC1(c2c(C(N)=O)c3ccccc3n2S(N)(=O)=O)CC1. The normalized spacial score (nSPS) is 16.6. The summed E-state index contributed by atoms with van der Waals surface area (Å²) in [7, 11) is -4.17. The molecule has 0 atom stereocenters. The van der Waals surface area contributed by atoms with E-state index >= 15 is 0 Å². The number of nitrogens with two attached hydrogens (primary N) is 2. The van der Waals surface area contributed by atoms with Gasteiger partial charge in [-0.05, 0) is 18.9 Å². The minimum atomic E-state index is -4.17. The zero-order valence-corrected chi connectivity index (χ0v) is 11.7. The number of primary amides is 1. The molecule has 7 nitrogen and oxygen atoms in total. The van der Waals surface area contributed by atoms with Gasteiger partial charge in [0.25, 0.3) is 5.91 Å². The second-order valence-electron chi connectivity index (χ2n) is 5.11. The van der Waals surface area contributed by atoms with E-state index in [0.29, 0.717) is 18.2 Å². The van der Waals surface area contributed by atoms with Crippen molar-refractivity contribution in [3.63, 3.8) is 0 Å². The molecule has 8 heteroatoms. The number of nitrogens with zero attached hydrogens (tertiary/aromatic N) is 2. The van der Waals surface area contributed by atoms with Crippen molar-refractivity contribution in [1.29, 1.82) is 5.26 Å². The topological polar surface area (TPSA) is 132 Å². The summed E-state index contributed by atoms with van der Waals surface area (Å²) in [5.41, 5.74) is 4.79. The molecule has 1 amide bonds. The third-order valence-corrected chi connectivity index (χ3v) is 4.64. The van der Waals surface area contributed by atoms with Gasteiger partial charge >= 0.3 is 10.2 Å². The highest BCUT2D eigenvalue weighted by atomic mass is 32.2. The summed E-state index contributed by atoms with van der Waals surface area (Å²) < 4.78 is 24.8. The standard InChI is InChI=1S/C13H12N4O3S/c14-7-13(5-6-13)11-10(12(15)18)8-3-1-2-4-9(8)17(11)21(16,19)20/h1-4H,5-6H2,(H2,15,18)(H2,16,19,20). The molecule has 1 aliphatic carbocycles. The Morgan fingerprint density at radius 1 is 1.33 bits per heavy atom. The lowest BCUT2D eigenvalue weighted by atomic mass is 9.98. The van der Waals surface area contributed by atoms with Gasteiger partial charge in [0, 0.05) is 5.39 Å². The van der Waals surface area contributed by atoms with E-state index in [2.05, 4.69) is 6.07 Å². The Morgan fingerprint density at radius 3 is 2.43 bits per heavy atom. The van der Waals surface area contributed by atoms with Gasteiger partial charge in [-0.25, -0.2) is 9.11 Å². The van der Waals surface area contributed by atoms with Crippen molar-refractivity contribution in [2.75, 3.05) is 0 Å². The number of amides is 1. The Kier molecular flexibility index (Phi) is 2.63. The van der Waals surface area contributed by atoms with E-state index in [1.165, 1.54) is 6.07 Å². The average molecular weight is 304 g/mol. The second-order valence-corrected chi connectivity index (χ2v) is 6.50. The minimum absolute atomic E-state index is 0.0543. The number of nitriles is 1. The van der Waals surface area contributed by atoms with Crippen LogP contribution in [0, 0.1) is 11.3 Å². The number of rotatable bonds is 3. The van der Waals surface area contributed by atoms with E-state index in [0.717, 1.165) is 3.97 Å². The quantitative estimate of drug-likeness (QED) is 0.846. The summed E-state index contributed by atoms with van der Waals surface area (Å²) in [6.45, 7) is 0. The van der Waals surface area contributed by atoms with E-state index in [-0.39, 0.29) is 16.8 Å². The number of benzene rings is 1. The molecule has 1 heterocycles. The summed E-state index contributed by atoms with van der Waals surface area (Å²) in [5, 5.41) is 15.1. The fraction of sp³-hybridized carbons (Fsp3) is 0.231. The van der Waals surface area contributed by atoms with Gasteiger partial charge in [-0.15, -0.1) is 0 Å². The highest BCUT2D eigenvalue weighted by Crippen LogP contribution is 2.51. The largest absolute Gasteiger partial charge is 0.366 e. The van der Waals surface area contributed by atoms with Crippen LogP contribution in [0.3, 0.4) is 0 Å². The predicted molar refractivity (Wildman–Crippen MR) is 75.5 cm³/mol. The highest BCUT2D eigenvalue weighted by molar-refractivity contribution is 7.87. The highest BCUT2D eigenvalue weighted by Gasteiger charge is 2.51. The average Bonchev–Trinajstić information content (AvgIpc) is 3.11. The summed E-state index contributed by atoms with van der Waals surface area (Å²) >= 11 is 0. The Balaban J connectivity index is 2.58. The van der Waals surface area contributed by atoms with E-state index in [4.69, 9.17) is 10.9 Å². The van der Waals surface area contributed by atoms with Crippen molar-refractivity contribution in [2.45, 2.75) is 18.3 Å². The Bertz CT molecular complexity index is 917. The first-order chi connectivity index (χ1) is 9.82. The van der Waals surface area contributed by atoms with Gasteiger partial charge in [-0.1, -0.05) is 18.2 Å². The van der Waals surface area contributed by atoms with E-state index < -0.39 is 21.5 Å². The first-order valence-electron chi connectivity index (χ1n) is 6.20. The molecule has 21 heavy (non-hydrogen) atoms. The van der Waals surface area contributed by atoms with Gasteiger partial charge < -0.3 is 5.73 Å². The predicted octanol–water partition coefficient (Wildman–Crippen LogP) is 0.347. The molecule has 0 bridgehead atoms. The Hall–Kier alpha value is -2.37. The molecule has 0 aliphatic heterocycles. The van der Waals surface area contributed by atoms with Crippen LogP contribution >= 0.6 is 0 Å². The summed E-state index contributed by atoms with van der Waals surface area (Å²) in [5.74, 6) is -0.773. The van der Waals surface area contributed by atoms with E-state index in [1.807, 2.05) is 0 Å².